The minimum atomic E-state index is -0.159. The summed E-state index contributed by atoms with van der Waals surface area (Å²) in [6, 6.07) is 0. The van der Waals surface area contributed by atoms with Gasteiger partial charge in [0.25, 0.3) is 0 Å². The van der Waals surface area contributed by atoms with E-state index in [2.05, 4.69) is 18.9 Å². The number of hydrogen-bond acceptors (Lipinski definition) is 2. The Morgan fingerprint density at radius 2 is 2.00 bits per heavy atom. The Labute approximate surface area is 56.5 Å². The number of aliphatic hydroxyl groups is 1. The third-order valence-electron chi connectivity index (χ3n) is 2.27. The van der Waals surface area contributed by atoms with Crippen LogP contribution in [0.5, 0.6) is 0 Å². The second-order valence-corrected chi connectivity index (χ2v) is 3.50. The van der Waals surface area contributed by atoms with Crippen LogP contribution in [-0.2, 0) is 0 Å². The summed E-state index contributed by atoms with van der Waals surface area (Å²) in [4.78, 5) is 2.22. The molecule has 0 aliphatic carbocycles. The van der Waals surface area contributed by atoms with E-state index in [9.17, 15) is 5.11 Å². The van der Waals surface area contributed by atoms with Gasteiger partial charge in [-0.25, -0.2) is 0 Å². The van der Waals surface area contributed by atoms with Crippen LogP contribution in [0.3, 0.4) is 0 Å². The molecule has 1 heterocycles. The lowest BCUT2D eigenvalue weighted by molar-refractivity contribution is -0.0595. The molecule has 1 rings (SSSR count). The van der Waals surface area contributed by atoms with E-state index in [-0.39, 0.29) is 11.5 Å². The Morgan fingerprint density at radius 3 is 2.11 bits per heavy atom. The van der Waals surface area contributed by atoms with Gasteiger partial charge >= 0.3 is 0 Å². The molecule has 0 spiro atoms. The first-order chi connectivity index (χ1) is 4.04. The van der Waals surface area contributed by atoms with Crippen LogP contribution in [0.15, 0.2) is 0 Å². The van der Waals surface area contributed by atoms with Gasteiger partial charge in [-0.15, -0.1) is 0 Å². The Kier molecular flexibility index (Phi) is 1.53. The van der Waals surface area contributed by atoms with Crippen molar-refractivity contribution >= 4 is 0 Å². The zero-order chi connectivity index (χ0) is 7.07. The Hall–Kier alpha value is -0.0800. The molecule has 2 heteroatoms. The normalized spacial score (nSPS) is 29.3. The molecule has 1 fully saturated rings. The minimum Gasteiger partial charge on any atom is -0.393 e. The van der Waals surface area contributed by atoms with E-state index in [1.807, 2.05) is 6.92 Å². The lowest BCUT2D eigenvalue weighted by atomic mass is 9.78. The molecule has 0 aromatic heterocycles. The van der Waals surface area contributed by atoms with E-state index in [4.69, 9.17) is 0 Å². The second-order valence-electron chi connectivity index (χ2n) is 3.50. The van der Waals surface area contributed by atoms with Gasteiger partial charge in [0.05, 0.1) is 6.10 Å². The first-order valence-electron chi connectivity index (χ1n) is 3.41. The van der Waals surface area contributed by atoms with Gasteiger partial charge < -0.3 is 10.0 Å². The van der Waals surface area contributed by atoms with Gasteiger partial charge in [0.2, 0.25) is 0 Å². The highest BCUT2D eigenvalue weighted by Gasteiger charge is 2.40. The number of rotatable bonds is 1. The highest BCUT2D eigenvalue weighted by Crippen LogP contribution is 2.31. The van der Waals surface area contributed by atoms with Crippen LogP contribution in [0.2, 0.25) is 0 Å². The van der Waals surface area contributed by atoms with E-state index in [1.54, 1.807) is 0 Å². The quantitative estimate of drug-likeness (QED) is 0.551. The van der Waals surface area contributed by atoms with E-state index in [1.165, 1.54) is 0 Å². The fourth-order valence-electron chi connectivity index (χ4n) is 1.45. The van der Waals surface area contributed by atoms with Crippen LogP contribution in [-0.4, -0.2) is 36.2 Å². The molecule has 0 radical (unpaired) electrons. The summed E-state index contributed by atoms with van der Waals surface area (Å²) in [6.07, 6.45) is -0.159. The monoisotopic (exact) mass is 129 g/mol. The van der Waals surface area contributed by atoms with Crippen LogP contribution in [0.25, 0.3) is 0 Å². The van der Waals surface area contributed by atoms with Crippen molar-refractivity contribution in [2.45, 2.75) is 20.0 Å². The molecule has 0 bridgehead atoms. The van der Waals surface area contributed by atoms with Crippen molar-refractivity contribution in [2.75, 3.05) is 20.1 Å². The summed E-state index contributed by atoms with van der Waals surface area (Å²) >= 11 is 0. The van der Waals surface area contributed by atoms with Crippen molar-refractivity contribution in [3.05, 3.63) is 0 Å². The van der Waals surface area contributed by atoms with Gasteiger partial charge in [-0.2, -0.15) is 0 Å². The fourth-order valence-corrected chi connectivity index (χ4v) is 1.45. The van der Waals surface area contributed by atoms with Crippen molar-refractivity contribution in [3.63, 3.8) is 0 Å². The van der Waals surface area contributed by atoms with Crippen LogP contribution in [0, 0.1) is 5.41 Å². The van der Waals surface area contributed by atoms with Gasteiger partial charge in [-0.3, -0.25) is 0 Å². The molecule has 9 heavy (non-hydrogen) atoms. The third-order valence-corrected chi connectivity index (χ3v) is 2.27. The average Bonchev–Trinajstić information content (AvgIpc) is 1.62. The topological polar surface area (TPSA) is 23.5 Å². The lowest BCUT2D eigenvalue weighted by Gasteiger charge is -2.48. The molecule has 1 N–H and O–H groups in total. The van der Waals surface area contributed by atoms with Crippen LogP contribution in [0.1, 0.15) is 13.8 Å². The number of likely N-dealkylation sites (tertiary alicyclic amines) is 1. The average molecular weight is 129 g/mol. The number of nitrogens with zero attached hydrogens (tertiary/aromatic N) is 1. The maximum Gasteiger partial charge on any atom is 0.0590 e. The molecule has 2 nitrogen and oxygen atoms in total. The Bertz CT molecular complexity index is 105. The van der Waals surface area contributed by atoms with Crippen molar-refractivity contribution < 1.29 is 5.11 Å². The van der Waals surface area contributed by atoms with Crippen LogP contribution in [0.4, 0.5) is 0 Å². The number of aliphatic hydroxyl groups excluding tert-OH is 1. The van der Waals surface area contributed by atoms with Crippen LogP contribution >= 0.6 is 0 Å². The maximum atomic E-state index is 9.22. The molecule has 0 saturated carbocycles. The summed E-state index contributed by atoms with van der Waals surface area (Å²) < 4.78 is 0. The van der Waals surface area contributed by atoms with Crippen LogP contribution < -0.4 is 0 Å². The highest BCUT2D eigenvalue weighted by atomic mass is 16.3. The molecule has 54 valence electrons. The lowest BCUT2D eigenvalue weighted by Crippen LogP contribution is -2.57. The SMILES string of the molecule is CC(O)C1(C)CN(C)C1. The third kappa shape index (κ3) is 1.10. The zero-order valence-corrected chi connectivity index (χ0v) is 6.39. The molecule has 1 aliphatic heterocycles. The zero-order valence-electron chi connectivity index (χ0n) is 6.39. The van der Waals surface area contributed by atoms with Gasteiger partial charge in [0, 0.05) is 18.5 Å². The minimum absolute atomic E-state index is 0.159. The first kappa shape index (κ1) is 7.03. The van der Waals surface area contributed by atoms with Crippen molar-refractivity contribution in [1.82, 2.24) is 4.90 Å². The van der Waals surface area contributed by atoms with Gasteiger partial charge in [-0.1, -0.05) is 6.92 Å². The summed E-state index contributed by atoms with van der Waals surface area (Å²) in [7, 11) is 2.07. The standard InChI is InChI=1S/C7H15NO/c1-6(9)7(2)4-8(3)5-7/h6,9H,4-5H2,1-3H3. The van der Waals surface area contributed by atoms with E-state index in [0.717, 1.165) is 13.1 Å². The molecule has 1 unspecified atom stereocenters. The smallest absolute Gasteiger partial charge is 0.0590 e. The molecule has 1 aliphatic rings. The molecule has 0 amide bonds. The van der Waals surface area contributed by atoms with Gasteiger partial charge in [-0.05, 0) is 14.0 Å². The van der Waals surface area contributed by atoms with Gasteiger partial charge in [0.15, 0.2) is 0 Å². The molecule has 0 aromatic carbocycles. The second kappa shape index (κ2) is 1.96. The maximum absolute atomic E-state index is 9.22. The Morgan fingerprint density at radius 1 is 1.56 bits per heavy atom. The summed E-state index contributed by atoms with van der Waals surface area (Å²) in [5.74, 6) is 0. The first-order valence-corrected chi connectivity index (χ1v) is 3.41. The Balaban J connectivity index is 2.40. The van der Waals surface area contributed by atoms with E-state index >= 15 is 0 Å². The molecule has 1 saturated heterocycles. The molecule has 1 atom stereocenters. The van der Waals surface area contributed by atoms with Crippen molar-refractivity contribution in [2.24, 2.45) is 5.41 Å². The largest absolute Gasteiger partial charge is 0.393 e. The predicted octanol–water partition coefficient (Wildman–Crippen LogP) is 0.319. The fraction of sp³-hybridized carbons (Fsp3) is 1.00. The summed E-state index contributed by atoms with van der Waals surface area (Å²) in [5, 5.41) is 9.22. The van der Waals surface area contributed by atoms with E-state index < -0.39 is 0 Å². The summed E-state index contributed by atoms with van der Waals surface area (Å²) in [5.41, 5.74) is 0.175. The molecule has 0 aromatic rings. The molecular weight excluding hydrogens is 114 g/mol. The highest BCUT2D eigenvalue weighted by molar-refractivity contribution is 4.93. The van der Waals surface area contributed by atoms with E-state index in [0.29, 0.717) is 0 Å². The van der Waals surface area contributed by atoms with Crippen molar-refractivity contribution in [3.8, 4) is 0 Å². The summed E-state index contributed by atoms with van der Waals surface area (Å²) in [6.45, 7) is 6.06. The number of hydrogen-bond donors (Lipinski definition) is 1. The van der Waals surface area contributed by atoms with Crippen molar-refractivity contribution in [1.29, 1.82) is 0 Å². The van der Waals surface area contributed by atoms with Gasteiger partial charge in [0.1, 0.15) is 0 Å². The molecular formula is C7H15NO. The predicted molar refractivity (Wildman–Crippen MR) is 37.3 cm³/mol.